The standard InChI is InChI=1S/C14H14BrN3O2/c1-9(2)10-4-3-5-12(6-10)17-14-13(18(19)20)7-11(15)8-16-14/h3-9H,1-2H3,(H,16,17). The van der Waals surface area contributed by atoms with Crippen molar-refractivity contribution in [1.82, 2.24) is 4.98 Å². The van der Waals surface area contributed by atoms with Gasteiger partial charge in [0.1, 0.15) is 0 Å². The molecule has 6 heteroatoms. The summed E-state index contributed by atoms with van der Waals surface area (Å²) in [6.45, 7) is 4.19. The summed E-state index contributed by atoms with van der Waals surface area (Å²) in [5.74, 6) is 0.628. The summed E-state index contributed by atoms with van der Waals surface area (Å²) in [5.41, 5.74) is 1.89. The van der Waals surface area contributed by atoms with Gasteiger partial charge >= 0.3 is 5.69 Å². The lowest BCUT2D eigenvalue weighted by Gasteiger charge is -2.10. The molecule has 0 aliphatic rings. The summed E-state index contributed by atoms with van der Waals surface area (Å²) >= 11 is 3.19. The molecule has 0 amide bonds. The minimum absolute atomic E-state index is 0.0608. The Morgan fingerprint density at radius 2 is 2.10 bits per heavy atom. The minimum atomic E-state index is -0.452. The van der Waals surface area contributed by atoms with E-state index in [4.69, 9.17) is 0 Å². The lowest BCUT2D eigenvalue weighted by atomic mass is 10.0. The van der Waals surface area contributed by atoms with Crippen LogP contribution in [-0.2, 0) is 0 Å². The molecule has 0 spiro atoms. The first-order chi connectivity index (χ1) is 9.47. The molecule has 0 saturated heterocycles. The Kier molecular flexibility index (Phi) is 4.34. The zero-order chi connectivity index (χ0) is 14.7. The van der Waals surface area contributed by atoms with Crippen molar-refractivity contribution in [3.63, 3.8) is 0 Å². The third kappa shape index (κ3) is 3.33. The van der Waals surface area contributed by atoms with Crippen LogP contribution in [0.1, 0.15) is 25.3 Å². The molecule has 1 heterocycles. The van der Waals surface area contributed by atoms with Gasteiger partial charge in [0, 0.05) is 22.4 Å². The summed E-state index contributed by atoms with van der Waals surface area (Å²) in [5, 5.41) is 14.0. The molecule has 0 unspecified atom stereocenters. The molecular weight excluding hydrogens is 322 g/mol. The van der Waals surface area contributed by atoms with E-state index in [0.29, 0.717) is 10.4 Å². The van der Waals surface area contributed by atoms with Crippen LogP contribution >= 0.6 is 15.9 Å². The number of benzene rings is 1. The summed E-state index contributed by atoms with van der Waals surface area (Å²) in [6.07, 6.45) is 1.53. The highest BCUT2D eigenvalue weighted by Crippen LogP contribution is 2.29. The van der Waals surface area contributed by atoms with Gasteiger partial charge < -0.3 is 5.32 Å². The number of nitrogens with zero attached hydrogens (tertiary/aromatic N) is 2. The van der Waals surface area contributed by atoms with Crippen molar-refractivity contribution >= 4 is 33.1 Å². The number of hydrogen-bond donors (Lipinski definition) is 1. The quantitative estimate of drug-likeness (QED) is 0.653. The van der Waals surface area contributed by atoms with Gasteiger partial charge in [-0.25, -0.2) is 4.98 Å². The van der Waals surface area contributed by atoms with Crippen LogP contribution < -0.4 is 5.32 Å². The second kappa shape index (κ2) is 6.00. The average Bonchev–Trinajstić information content (AvgIpc) is 2.41. The maximum atomic E-state index is 11.0. The Morgan fingerprint density at radius 1 is 1.35 bits per heavy atom. The van der Waals surface area contributed by atoms with Gasteiger partial charge in [-0.05, 0) is 39.5 Å². The third-order valence-corrected chi connectivity index (χ3v) is 3.28. The van der Waals surface area contributed by atoms with E-state index in [1.807, 2.05) is 24.3 Å². The van der Waals surface area contributed by atoms with Gasteiger partial charge in [-0.1, -0.05) is 26.0 Å². The monoisotopic (exact) mass is 335 g/mol. The van der Waals surface area contributed by atoms with Crippen LogP contribution in [0.2, 0.25) is 0 Å². The molecule has 0 bridgehead atoms. The highest BCUT2D eigenvalue weighted by Gasteiger charge is 2.16. The van der Waals surface area contributed by atoms with Crippen molar-refractivity contribution in [2.24, 2.45) is 0 Å². The van der Waals surface area contributed by atoms with Crippen molar-refractivity contribution in [2.75, 3.05) is 5.32 Å². The third-order valence-electron chi connectivity index (χ3n) is 2.85. The van der Waals surface area contributed by atoms with Crippen LogP contribution in [-0.4, -0.2) is 9.91 Å². The number of hydrogen-bond acceptors (Lipinski definition) is 4. The number of anilines is 2. The van der Waals surface area contributed by atoms with Crippen molar-refractivity contribution in [2.45, 2.75) is 19.8 Å². The molecule has 1 aromatic heterocycles. The van der Waals surface area contributed by atoms with Crippen LogP contribution in [0.4, 0.5) is 17.2 Å². The Labute approximate surface area is 125 Å². The van der Waals surface area contributed by atoms with Crippen molar-refractivity contribution in [3.8, 4) is 0 Å². The van der Waals surface area contributed by atoms with Gasteiger partial charge in [-0.2, -0.15) is 0 Å². The van der Waals surface area contributed by atoms with Crippen LogP contribution in [0.15, 0.2) is 41.0 Å². The Balaban J connectivity index is 2.35. The number of nitrogens with one attached hydrogen (secondary N) is 1. The molecule has 0 atom stereocenters. The van der Waals surface area contributed by atoms with Crippen LogP contribution in [0.25, 0.3) is 0 Å². The van der Waals surface area contributed by atoms with Crippen molar-refractivity contribution in [1.29, 1.82) is 0 Å². The fraction of sp³-hybridized carbons (Fsp3) is 0.214. The first kappa shape index (κ1) is 14.5. The molecule has 1 N–H and O–H groups in total. The van der Waals surface area contributed by atoms with Crippen molar-refractivity contribution < 1.29 is 4.92 Å². The largest absolute Gasteiger partial charge is 0.334 e. The van der Waals surface area contributed by atoms with Gasteiger partial charge in [0.05, 0.1) is 4.92 Å². The Morgan fingerprint density at radius 3 is 2.75 bits per heavy atom. The average molecular weight is 336 g/mol. The van der Waals surface area contributed by atoms with E-state index in [0.717, 1.165) is 11.3 Å². The van der Waals surface area contributed by atoms with E-state index in [-0.39, 0.29) is 11.5 Å². The van der Waals surface area contributed by atoms with Crippen LogP contribution in [0.3, 0.4) is 0 Å². The number of rotatable bonds is 4. The smallest absolute Gasteiger partial charge is 0.312 e. The topological polar surface area (TPSA) is 68.1 Å². The predicted molar refractivity (Wildman–Crippen MR) is 82.4 cm³/mol. The number of aromatic nitrogens is 1. The maximum Gasteiger partial charge on any atom is 0.312 e. The highest BCUT2D eigenvalue weighted by atomic mass is 79.9. The summed E-state index contributed by atoms with van der Waals surface area (Å²) < 4.78 is 0.575. The molecule has 0 aliphatic heterocycles. The fourth-order valence-electron chi connectivity index (χ4n) is 1.78. The van der Waals surface area contributed by atoms with Gasteiger partial charge in [-0.3, -0.25) is 10.1 Å². The molecule has 0 radical (unpaired) electrons. The highest BCUT2D eigenvalue weighted by molar-refractivity contribution is 9.10. The van der Waals surface area contributed by atoms with E-state index in [1.165, 1.54) is 12.3 Å². The van der Waals surface area contributed by atoms with E-state index in [2.05, 4.69) is 40.1 Å². The van der Waals surface area contributed by atoms with Crippen LogP contribution in [0.5, 0.6) is 0 Å². The zero-order valence-corrected chi connectivity index (χ0v) is 12.7. The first-order valence-electron chi connectivity index (χ1n) is 6.14. The van der Waals surface area contributed by atoms with Gasteiger partial charge in [0.2, 0.25) is 5.82 Å². The molecule has 0 aliphatic carbocycles. The van der Waals surface area contributed by atoms with Crippen molar-refractivity contribution in [3.05, 3.63) is 56.7 Å². The molecule has 0 fully saturated rings. The minimum Gasteiger partial charge on any atom is -0.334 e. The molecule has 0 saturated carbocycles. The van der Waals surface area contributed by atoms with E-state index < -0.39 is 4.92 Å². The van der Waals surface area contributed by atoms with E-state index in [9.17, 15) is 10.1 Å². The Bertz CT molecular complexity index is 644. The molecular formula is C14H14BrN3O2. The van der Waals surface area contributed by atoms with E-state index >= 15 is 0 Å². The normalized spacial score (nSPS) is 10.6. The lowest BCUT2D eigenvalue weighted by Crippen LogP contribution is -2.00. The van der Waals surface area contributed by atoms with Gasteiger partial charge in [0.25, 0.3) is 0 Å². The molecule has 2 rings (SSSR count). The van der Waals surface area contributed by atoms with E-state index in [1.54, 1.807) is 0 Å². The number of nitro groups is 1. The Hall–Kier alpha value is -1.95. The van der Waals surface area contributed by atoms with Crippen LogP contribution in [0, 0.1) is 10.1 Å². The SMILES string of the molecule is CC(C)c1cccc(Nc2ncc(Br)cc2[N+](=O)[O-])c1. The summed E-state index contributed by atoms with van der Waals surface area (Å²) in [4.78, 5) is 14.7. The van der Waals surface area contributed by atoms with Gasteiger partial charge in [-0.15, -0.1) is 0 Å². The molecule has 5 nitrogen and oxygen atoms in total. The molecule has 104 valence electrons. The predicted octanol–water partition coefficient (Wildman–Crippen LogP) is 4.62. The first-order valence-corrected chi connectivity index (χ1v) is 6.93. The second-order valence-corrected chi connectivity index (χ2v) is 5.60. The lowest BCUT2D eigenvalue weighted by molar-refractivity contribution is -0.384. The maximum absolute atomic E-state index is 11.0. The fourth-order valence-corrected chi connectivity index (χ4v) is 2.10. The summed E-state index contributed by atoms with van der Waals surface area (Å²) in [7, 11) is 0. The summed E-state index contributed by atoms with van der Waals surface area (Å²) in [6, 6.07) is 9.21. The number of halogens is 1. The number of pyridine rings is 1. The molecule has 1 aromatic carbocycles. The zero-order valence-electron chi connectivity index (χ0n) is 11.1. The molecule has 20 heavy (non-hydrogen) atoms. The van der Waals surface area contributed by atoms with Gasteiger partial charge in [0.15, 0.2) is 0 Å². The second-order valence-electron chi connectivity index (χ2n) is 4.68. The molecule has 2 aromatic rings.